The van der Waals surface area contributed by atoms with E-state index in [1.54, 1.807) is 0 Å². The Kier molecular flexibility index (Phi) is 12.0. The molecule has 10 heteroatoms. The average molecular weight is 699 g/mol. The highest BCUT2D eigenvalue weighted by atomic mass is 28.4. The predicted octanol–water partition coefficient (Wildman–Crippen LogP) is 7.55. The molecule has 1 aromatic rings. The van der Waals surface area contributed by atoms with Crippen LogP contribution < -0.4 is 9.47 Å². The van der Waals surface area contributed by atoms with Crippen molar-refractivity contribution >= 4 is 8.56 Å². The van der Waals surface area contributed by atoms with Crippen molar-refractivity contribution in [1.29, 1.82) is 0 Å². The Bertz CT molecular complexity index is 1350. The standard InChI is InChI=1S/C39H58O9Si/c1-10-40-16-12-13-17-47-49(9,11-2)48-32(26-44-34-18-28(37(3,4)5)14-15-33(34)43-24-30-22-41-30)27-45-35-19-29-20-39(29,38(6,7)8)21-36(35)46-25-31-23-42-31/h10-11,14-15,18-19,21,29-32H,1-2,12-13,16-17,20,22-27H2,3-9H3. The van der Waals surface area contributed by atoms with Crippen molar-refractivity contribution in [2.75, 3.05) is 52.9 Å². The number of fused-ring (bicyclic) bond motifs is 1. The van der Waals surface area contributed by atoms with Crippen LogP contribution in [-0.4, -0.2) is 79.7 Å². The summed E-state index contributed by atoms with van der Waals surface area (Å²) in [6, 6.07) is 6.13. The van der Waals surface area contributed by atoms with E-state index in [9.17, 15) is 0 Å². The van der Waals surface area contributed by atoms with Gasteiger partial charge >= 0.3 is 8.56 Å². The molecule has 1 saturated carbocycles. The van der Waals surface area contributed by atoms with Gasteiger partial charge in [0.15, 0.2) is 23.0 Å². The molecular formula is C39H58O9Si. The van der Waals surface area contributed by atoms with E-state index in [0.29, 0.717) is 43.8 Å². The SMILES string of the molecule is C=COCCCCO[Si](C)(C=C)OC(COC1=CC2CC2(C(C)(C)C)C=C1OCC1CO1)COc1cc(C(C)(C)C)ccc1OCC1CO1. The first-order valence-electron chi connectivity index (χ1n) is 17.8. The van der Waals surface area contributed by atoms with Gasteiger partial charge in [0.25, 0.3) is 0 Å². The first-order valence-corrected chi connectivity index (χ1v) is 20.2. The highest BCUT2D eigenvalue weighted by molar-refractivity contribution is 6.71. The van der Waals surface area contributed by atoms with Gasteiger partial charge in [0.1, 0.15) is 44.7 Å². The van der Waals surface area contributed by atoms with Crippen LogP contribution in [0.3, 0.4) is 0 Å². The van der Waals surface area contributed by atoms with Crippen LogP contribution in [-0.2, 0) is 38.0 Å². The zero-order chi connectivity index (χ0) is 35.3. The molecule has 6 atom stereocenters. The van der Waals surface area contributed by atoms with Gasteiger partial charge in [0.05, 0.1) is 26.1 Å². The highest BCUT2D eigenvalue weighted by Crippen LogP contribution is 2.67. The highest BCUT2D eigenvalue weighted by Gasteiger charge is 2.61. The third-order valence-corrected chi connectivity index (χ3v) is 12.0. The summed E-state index contributed by atoms with van der Waals surface area (Å²) in [5.74, 6) is 3.25. The van der Waals surface area contributed by atoms with Gasteiger partial charge in [-0.3, -0.25) is 0 Å². The lowest BCUT2D eigenvalue weighted by Gasteiger charge is -2.33. The molecule has 0 amide bonds. The van der Waals surface area contributed by atoms with Gasteiger partial charge in [-0.25, -0.2) is 0 Å². The van der Waals surface area contributed by atoms with Crippen LogP contribution >= 0.6 is 0 Å². The van der Waals surface area contributed by atoms with E-state index >= 15 is 0 Å². The second kappa shape index (κ2) is 15.6. The summed E-state index contributed by atoms with van der Waals surface area (Å²) in [6.07, 6.45) is 8.54. The van der Waals surface area contributed by atoms with E-state index in [0.717, 1.165) is 49.6 Å². The molecule has 0 radical (unpaired) electrons. The molecule has 4 aliphatic rings. The summed E-state index contributed by atoms with van der Waals surface area (Å²) in [4.78, 5) is 0. The monoisotopic (exact) mass is 698 g/mol. The van der Waals surface area contributed by atoms with Crippen molar-refractivity contribution < 1.29 is 42.0 Å². The first kappa shape index (κ1) is 37.5. The number of benzene rings is 1. The molecule has 2 aliphatic carbocycles. The van der Waals surface area contributed by atoms with Crippen LogP contribution in [0.1, 0.15) is 66.4 Å². The zero-order valence-corrected chi connectivity index (χ0v) is 31.7. The van der Waals surface area contributed by atoms with Gasteiger partial charge in [-0.1, -0.05) is 54.2 Å². The number of epoxide rings is 2. The Morgan fingerprint density at radius 1 is 0.898 bits per heavy atom. The Labute approximate surface area is 294 Å². The molecule has 0 bridgehead atoms. The number of allylic oxidation sites excluding steroid dienone is 2. The Hall–Kier alpha value is -2.76. The van der Waals surface area contributed by atoms with Crippen molar-refractivity contribution in [2.45, 2.75) is 91.1 Å². The minimum atomic E-state index is -2.82. The summed E-state index contributed by atoms with van der Waals surface area (Å²) in [5, 5.41) is 0. The lowest BCUT2D eigenvalue weighted by atomic mass is 9.74. The molecule has 5 rings (SSSR count). The van der Waals surface area contributed by atoms with Gasteiger partial charge in [-0.15, -0.1) is 6.58 Å². The van der Waals surface area contributed by atoms with Crippen LogP contribution in [0.15, 0.2) is 67.0 Å². The molecule has 6 unspecified atom stereocenters. The summed E-state index contributed by atoms with van der Waals surface area (Å²) >= 11 is 0. The molecule has 2 heterocycles. The molecule has 0 spiro atoms. The first-order chi connectivity index (χ1) is 23.2. The molecule has 49 heavy (non-hydrogen) atoms. The quantitative estimate of drug-likeness (QED) is 0.0527. The van der Waals surface area contributed by atoms with Crippen LogP contribution in [0.4, 0.5) is 0 Å². The normalized spacial score (nSPS) is 25.8. The maximum atomic E-state index is 6.76. The largest absolute Gasteiger partial charge is 0.502 e. The molecule has 9 nitrogen and oxygen atoms in total. The Balaban J connectivity index is 1.32. The molecule has 2 saturated heterocycles. The number of unbranched alkanes of at least 4 members (excludes halogenated alkanes) is 1. The fraction of sp³-hybridized carbons (Fsp3) is 0.641. The minimum Gasteiger partial charge on any atom is -0.502 e. The summed E-state index contributed by atoms with van der Waals surface area (Å²) in [7, 11) is -2.82. The lowest BCUT2D eigenvalue weighted by molar-refractivity contribution is 0.0216. The lowest BCUT2D eigenvalue weighted by Crippen LogP contribution is -2.44. The molecule has 0 aromatic heterocycles. The maximum absolute atomic E-state index is 6.76. The number of hydrogen-bond donors (Lipinski definition) is 0. The van der Waals surface area contributed by atoms with Gasteiger partial charge < -0.3 is 42.0 Å². The molecule has 3 fully saturated rings. The molecule has 0 N–H and O–H groups in total. The van der Waals surface area contributed by atoms with Crippen LogP contribution in [0.25, 0.3) is 0 Å². The topological polar surface area (TPSA) is 89.7 Å². The molecule has 272 valence electrons. The van der Waals surface area contributed by atoms with E-state index in [1.807, 2.05) is 18.3 Å². The fourth-order valence-electron chi connectivity index (χ4n) is 6.06. The summed E-state index contributed by atoms with van der Waals surface area (Å²) in [6.45, 7) is 27.2. The summed E-state index contributed by atoms with van der Waals surface area (Å²) < 4.78 is 54.8. The van der Waals surface area contributed by atoms with Crippen molar-refractivity contribution in [3.05, 3.63) is 72.6 Å². The van der Waals surface area contributed by atoms with Gasteiger partial charge in [0, 0.05) is 12.0 Å². The van der Waals surface area contributed by atoms with Crippen molar-refractivity contribution in [2.24, 2.45) is 16.7 Å². The van der Waals surface area contributed by atoms with Crippen LogP contribution in [0.5, 0.6) is 11.5 Å². The van der Waals surface area contributed by atoms with Crippen molar-refractivity contribution in [3.63, 3.8) is 0 Å². The smallest absolute Gasteiger partial charge is 0.361 e. The zero-order valence-electron chi connectivity index (χ0n) is 30.7. The predicted molar refractivity (Wildman–Crippen MR) is 192 cm³/mol. The van der Waals surface area contributed by atoms with E-state index < -0.39 is 14.7 Å². The number of hydrogen-bond acceptors (Lipinski definition) is 9. The van der Waals surface area contributed by atoms with E-state index in [1.165, 1.54) is 6.26 Å². The Morgan fingerprint density at radius 3 is 2.20 bits per heavy atom. The maximum Gasteiger partial charge on any atom is 0.361 e. The van der Waals surface area contributed by atoms with E-state index in [-0.39, 0.29) is 41.7 Å². The van der Waals surface area contributed by atoms with Crippen LogP contribution in [0, 0.1) is 16.7 Å². The number of rotatable bonds is 22. The van der Waals surface area contributed by atoms with Gasteiger partial charge in [-0.2, -0.15) is 0 Å². The second-order valence-corrected chi connectivity index (χ2v) is 18.7. The van der Waals surface area contributed by atoms with Gasteiger partial charge in [-0.05, 0) is 78.1 Å². The fourth-order valence-corrected chi connectivity index (χ4v) is 7.69. The van der Waals surface area contributed by atoms with E-state index in [4.69, 9.17) is 42.0 Å². The van der Waals surface area contributed by atoms with Crippen molar-refractivity contribution in [1.82, 2.24) is 0 Å². The third-order valence-electron chi connectivity index (χ3n) is 9.69. The Morgan fingerprint density at radius 2 is 1.57 bits per heavy atom. The number of ether oxygens (including phenoxy) is 7. The van der Waals surface area contributed by atoms with Gasteiger partial charge in [0.2, 0.25) is 0 Å². The minimum absolute atomic E-state index is 0.0669. The second-order valence-electron chi connectivity index (χ2n) is 15.8. The molecule has 1 aromatic carbocycles. The molecule has 2 aliphatic heterocycles. The van der Waals surface area contributed by atoms with Crippen LogP contribution in [0.2, 0.25) is 6.55 Å². The average Bonchev–Trinajstić information content (AvgIpc) is 3.92. The summed E-state index contributed by atoms with van der Waals surface area (Å²) in [5.41, 5.74) is 3.06. The van der Waals surface area contributed by atoms with E-state index in [2.05, 4.69) is 79.0 Å². The molecular weight excluding hydrogens is 641 g/mol. The van der Waals surface area contributed by atoms with Crippen molar-refractivity contribution in [3.8, 4) is 11.5 Å². The third kappa shape index (κ3) is 10.4.